The normalized spacial score (nSPS) is 11.1. The van der Waals surface area contributed by atoms with E-state index < -0.39 is 0 Å². The van der Waals surface area contributed by atoms with Crippen molar-refractivity contribution in [1.29, 1.82) is 0 Å². The van der Waals surface area contributed by atoms with E-state index in [1.54, 1.807) is 23.8 Å². The fraction of sp³-hybridized carbons (Fsp3) is 0.158. The number of methoxy groups -OCH3 is 1. The zero-order valence-electron chi connectivity index (χ0n) is 14.0. The van der Waals surface area contributed by atoms with E-state index in [0.29, 0.717) is 22.5 Å². The van der Waals surface area contributed by atoms with Crippen molar-refractivity contribution in [3.05, 3.63) is 86.3 Å². The second-order valence-corrected chi connectivity index (χ2v) is 6.74. The first-order chi connectivity index (χ1) is 12.7. The minimum atomic E-state index is -0.354. The van der Waals surface area contributed by atoms with Gasteiger partial charge in [0.15, 0.2) is 0 Å². The van der Waals surface area contributed by atoms with Crippen LogP contribution in [0.1, 0.15) is 11.3 Å². The van der Waals surface area contributed by atoms with E-state index in [0.717, 1.165) is 11.3 Å². The molecule has 0 aliphatic heterocycles. The average molecular weight is 368 g/mol. The van der Waals surface area contributed by atoms with Crippen LogP contribution in [0.5, 0.6) is 5.75 Å². The molecule has 0 saturated heterocycles. The zero-order chi connectivity index (χ0) is 18.1. The van der Waals surface area contributed by atoms with Crippen molar-refractivity contribution in [2.45, 2.75) is 13.1 Å². The molecule has 0 N–H and O–H groups in total. The van der Waals surface area contributed by atoms with Gasteiger partial charge in [-0.2, -0.15) is 0 Å². The Morgan fingerprint density at radius 3 is 2.54 bits per heavy atom. The molecule has 0 unspecified atom stereocenters. The molecule has 3 heterocycles. The highest BCUT2D eigenvalue weighted by Gasteiger charge is 2.15. The molecule has 0 saturated carbocycles. The first-order valence-corrected chi connectivity index (χ1v) is 8.91. The summed E-state index contributed by atoms with van der Waals surface area (Å²) in [7, 11) is 1.61. The summed E-state index contributed by atoms with van der Waals surface area (Å²) in [4.78, 5) is 25.7. The molecular formula is C19H16N2O4S. The number of thiophene rings is 1. The molecule has 1 aromatic carbocycles. The van der Waals surface area contributed by atoms with Crippen LogP contribution in [0.15, 0.2) is 68.1 Å². The molecule has 6 nitrogen and oxygen atoms in total. The first-order valence-electron chi connectivity index (χ1n) is 8.03. The Labute approximate surface area is 152 Å². The van der Waals surface area contributed by atoms with E-state index in [-0.39, 0.29) is 17.8 Å². The van der Waals surface area contributed by atoms with Crippen LogP contribution < -0.4 is 16.0 Å². The second-order valence-electron chi connectivity index (χ2n) is 5.82. The summed E-state index contributed by atoms with van der Waals surface area (Å²) in [6.07, 6.45) is 1.53. The molecule has 0 aliphatic carbocycles. The minimum absolute atomic E-state index is 0.112. The summed E-state index contributed by atoms with van der Waals surface area (Å²) in [5, 5.41) is 1.83. The predicted octanol–water partition coefficient (Wildman–Crippen LogP) is 2.92. The topological polar surface area (TPSA) is 66.4 Å². The number of furan rings is 1. The molecule has 132 valence electrons. The SMILES string of the molecule is COc1ccc(Cn2c(=O)n(Cc3ccco3)c(=O)c3sccc32)cc1. The van der Waals surface area contributed by atoms with Gasteiger partial charge in [-0.05, 0) is 41.3 Å². The average Bonchev–Trinajstić information content (AvgIpc) is 3.34. The van der Waals surface area contributed by atoms with Gasteiger partial charge in [0.05, 0.1) is 32.0 Å². The van der Waals surface area contributed by atoms with Gasteiger partial charge in [-0.3, -0.25) is 13.9 Å². The Balaban J connectivity index is 1.83. The van der Waals surface area contributed by atoms with Crippen LogP contribution in [0.2, 0.25) is 0 Å². The Bertz CT molecular complexity index is 1150. The molecule has 0 amide bonds. The van der Waals surface area contributed by atoms with Gasteiger partial charge in [-0.15, -0.1) is 11.3 Å². The highest BCUT2D eigenvalue weighted by atomic mass is 32.1. The van der Waals surface area contributed by atoms with Crippen LogP contribution >= 0.6 is 11.3 Å². The maximum atomic E-state index is 13.0. The summed E-state index contributed by atoms with van der Waals surface area (Å²) in [6.45, 7) is 0.482. The molecule has 0 radical (unpaired) electrons. The number of ether oxygens (including phenoxy) is 1. The van der Waals surface area contributed by atoms with Crippen LogP contribution in [0.3, 0.4) is 0 Å². The van der Waals surface area contributed by atoms with Crippen molar-refractivity contribution >= 4 is 21.6 Å². The molecule has 4 rings (SSSR count). The lowest BCUT2D eigenvalue weighted by Crippen LogP contribution is -2.40. The van der Waals surface area contributed by atoms with Crippen molar-refractivity contribution in [3.63, 3.8) is 0 Å². The minimum Gasteiger partial charge on any atom is -0.497 e. The molecule has 0 fully saturated rings. The third kappa shape index (κ3) is 2.86. The first kappa shape index (κ1) is 16.4. The summed E-state index contributed by atoms with van der Waals surface area (Å²) in [5.74, 6) is 1.32. The molecule has 0 spiro atoms. The Morgan fingerprint density at radius 2 is 1.85 bits per heavy atom. The predicted molar refractivity (Wildman–Crippen MR) is 100 cm³/mol. The maximum absolute atomic E-state index is 13.0. The van der Waals surface area contributed by atoms with Gasteiger partial charge in [-0.25, -0.2) is 4.79 Å². The summed E-state index contributed by atoms with van der Waals surface area (Å²) < 4.78 is 13.9. The molecule has 4 aromatic rings. The van der Waals surface area contributed by atoms with Gasteiger partial charge in [0.25, 0.3) is 5.56 Å². The van der Waals surface area contributed by atoms with Crippen molar-refractivity contribution in [2.24, 2.45) is 0 Å². The van der Waals surface area contributed by atoms with Crippen LogP contribution in [0.25, 0.3) is 10.2 Å². The molecule has 0 bridgehead atoms. The lowest BCUT2D eigenvalue weighted by atomic mass is 10.2. The molecule has 0 atom stereocenters. The third-order valence-corrected chi connectivity index (χ3v) is 5.12. The van der Waals surface area contributed by atoms with Gasteiger partial charge in [0, 0.05) is 0 Å². The molecule has 0 aliphatic rings. The molecule has 3 aromatic heterocycles. The highest BCUT2D eigenvalue weighted by molar-refractivity contribution is 7.17. The Hall–Kier alpha value is -3.06. The van der Waals surface area contributed by atoms with E-state index in [1.165, 1.54) is 22.2 Å². The largest absolute Gasteiger partial charge is 0.497 e. The summed E-state index contributed by atoms with van der Waals surface area (Å²) >= 11 is 1.34. The lowest BCUT2D eigenvalue weighted by molar-refractivity contribution is 0.414. The second kappa shape index (κ2) is 6.68. The quantitative estimate of drug-likeness (QED) is 0.543. The van der Waals surface area contributed by atoms with E-state index in [9.17, 15) is 9.59 Å². The maximum Gasteiger partial charge on any atom is 0.332 e. The summed E-state index contributed by atoms with van der Waals surface area (Å²) in [5.41, 5.74) is 0.954. The lowest BCUT2D eigenvalue weighted by Gasteiger charge is -2.12. The monoisotopic (exact) mass is 368 g/mol. The van der Waals surface area contributed by atoms with Gasteiger partial charge in [0.1, 0.15) is 16.2 Å². The van der Waals surface area contributed by atoms with Crippen molar-refractivity contribution in [1.82, 2.24) is 9.13 Å². The van der Waals surface area contributed by atoms with E-state index in [1.807, 2.05) is 35.7 Å². The molecule has 26 heavy (non-hydrogen) atoms. The fourth-order valence-corrected chi connectivity index (χ4v) is 3.74. The number of aromatic nitrogens is 2. The standard InChI is InChI=1S/C19H16N2O4S/c1-24-14-6-4-13(5-7-14)11-20-16-8-10-26-17(16)18(22)21(19(20)23)12-15-3-2-9-25-15/h2-10H,11-12H2,1H3. The Morgan fingerprint density at radius 1 is 1.04 bits per heavy atom. The van der Waals surface area contributed by atoms with E-state index >= 15 is 0 Å². The van der Waals surface area contributed by atoms with Crippen molar-refractivity contribution < 1.29 is 9.15 Å². The smallest absolute Gasteiger partial charge is 0.332 e. The number of rotatable bonds is 5. The number of nitrogens with zero attached hydrogens (tertiary/aromatic N) is 2. The van der Waals surface area contributed by atoms with Gasteiger partial charge in [0.2, 0.25) is 0 Å². The number of hydrogen-bond acceptors (Lipinski definition) is 5. The van der Waals surface area contributed by atoms with Crippen molar-refractivity contribution in [2.75, 3.05) is 7.11 Å². The van der Waals surface area contributed by atoms with Crippen LogP contribution in [-0.4, -0.2) is 16.2 Å². The van der Waals surface area contributed by atoms with Crippen LogP contribution in [-0.2, 0) is 13.1 Å². The molecule has 7 heteroatoms. The summed E-state index contributed by atoms with van der Waals surface area (Å²) in [6, 6.07) is 12.8. The number of benzene rings is 1. The van der Waals surface area contributed by atoms with Crippen LogP contribution in [0.4, 0.5) is 0 Å². The van der Waals surface area contributed by atoms with Gasteiger partial charge < -0.3 is 9.15 Å². The van der Waals surface area contributed by atoms with E-state index in [4.69, 9.17) is 9.15 Å². The Kier molecular flexibility index (Phi) is 4.22. The van der Waals surface area contributed by atoms with Gasteiger partial charge >= 0.3 is 5.69 Å². The number of hydrogen-bond donors (Lipinski definition) is 0. The van der Waals surface area contributed by atoms with Gasteiger partial charge in [-0.1, -0.05) is 12.1 Å². The third-order valence-electron chi connectivity index (χ3n) is 4.23. The van der Waals surface area contributed by atoms with Crippen molar-refractivity contribution in [3.8, 4) is 5.75 Å². The molecular weight excluding hydrogens is 352 g/mol. The number of fused-ring (bicyclic) bond motifs is 1. The zero-order valence-corrected chi connectivity index (χ0v) is 14.9. The fourth-order valence-electron chi connectivity index (χ4n) is 2.90. The van der Waals surface area contributed by atoms with E-state index in [2.05, 4.69) is 0 Å². The highest BCUT2D eigenvalue weighted by Crippen LogP contribution is 2.18. The van der Waals surface area contributed by atoms with Crippen LogP contribution in [0, 0.1) is 0 Å².